The van der Waals surface area contributed by atoms with E-state index in [1.54, 1.807) is 18.5 Å². The van der Waals surface area contributed by atoms with Gasteiger partial charge in [0.1, 0.15) is 0 Å². The molecule has 1 fully saturated rings. The average molecular weight is 305 g/mol. The van der Waals surface area contributed by atoms with Crippen molar-refractivity contribution in [2.45, 2.75) is 6.42 Å². The molecule has 0 bridgehead atoms. The fraction of sp³-hybridized carbons (Fsp3) is 0.385. The van der Waals surface area contributed by atoms with Gasteiger partial charge in [-0.25, -0.2) is 15.0 Å². The Hall–Kier alpha value is -2.22. The van der Waals surface area contributed by atoms with Crippen molar-refractivity contribution in [3.63, 3.8) is 0 Å². The van der Waals surface area contributed by atoms with Crippen molar-refractivity contribution < 1.29 is 9.90 Å². The molecule has 1 N–H and O–H groups in total. The van der Waals surface area contributed by atoms with Crippen molar-refractivity contribution in [3.8, 4) is 0 Å². The number of aromatic nitrogens is 3. The molecule has 1 aliphatic rings. The van der Waals surface area contributed by atoms with E-state index in [1.807, 2.05) is 5.38 Å². The molecule has 2 aromatic heterocycles. The van der Waals surface area contributed by atoms with Crippen LogP contribution in [-0.2, 0) is 11.2 Å². The van der Waals surface area contributed by atoms with Crippen LogP contribution < -0.4 is 9.80 Å². The Morgan fingerprint density at radius 2 is 1.86 bits per heavy atom. The fourth-order valence-corrected chi connectivity index (χ4v) is 3.11. The van der Waals surface area contributed by atoms with Crippen molar-refractivity contribution in [3.05, 3.63) is 29.5 Å². The number of rotatable bonds is 4. The third kappa shape index (κ3) is 3.27. The Morgan fingerprint density at radius 1 is 1.19 bits per heavy atom. The van der Waals surface area contributed by atoms with Gasteiger partial charge in [-0.05, 0) is 6.07 Å². The molecular weight excluding hydrogens is 290 g/mol. The van der Waals surface area contributed by atoms with Crippen LogP contribution in [0, 0.1) is 0 Å². The first-order valence-electron chi connectivity index (χ1n) is 6.65. The summed E-state index contributed by atoms with van der Waals surface area (Å²) in [7, 11) is 0. The summed E-state index contributed by atoms with van der Waals surface area (Å²) < 4.78 is 0. The van der Waals surface area contributed by atoms with E-state index < -0.39 is 5.97 Å². The van der Waals surface area contributed by atoms with Crippen molar-refractivity contribution >= 4 is 28.4 Å². The van der Waals surface area contributed by atoms with E-state index in [0.717, 1.165) is 37.3 Å². The summed E-state index contributed by atoms with van der Waals surface area (Å²) in [5.41, 5.74) is 0.622. The van der Waals surface area contributed by atoms with E-state index in [2.05, 4.69) is 24.8 Å². The van der Waals surface area contributed by atoms with Crippen LogP contribution in [0.25, 0.3) is 0 Å². The fourth-order valence-electron chi connectivity index (χ4n) is 2.23. The molecule has 8 heteroatoms. The maximum atomic E-state index is 10.7. The summed E-state index contributed by atoms with van der Waals surface area (Å²) in [5, 5.41) is 11.5. The number of aliphatic carboxylic acids is 1. The van der Waals surface area contributed by atoms with E-state index in [-0.39, 0.29) is 6.42 Å². The molecule has 1 aliphatic heterocycles. The zero-order valence-corrected chi connectivity index (χ0v) is 12.2. The van der Waals surface area contributed by atoms with Crippen molar-refractivity contribution in [2.75, 3.05) is 36.0 Å². The summed E-state index contributed by atoms with van der Waals surface area (Å²) in [6.45, 7) is 3.33. The third-order valence-corrected chi connectivity index (χ3v) is 4.21. The Kier molecular flexibility index (Phi) is 3.96. The van der Waals surface area contributed by atoms with Gasteiger partial charge in [0.05, 0.1) is 12.1 Å². The van der Waals surface area contributed by atoms with Gasteiger partial charge in [-0.2, -0.15) is 0 Å². The molecule has 0 aromatic carbocycles. The van der Waals surface area contributed by atoms with Crippen LogP contribution in [0.15, 0.2) is 23.8 Å². The molecule has 3 rings (SSSR count). The van der Waals surface area contributed by atoms with Gasteiger partial charge in [0.15, 0.2) is 5.13 Å². The summed E-state index contributed by atoms with van der Waals surface area (Å²) in [4.78, 5) is 27.9. The zero-order chi connectivity index (χ0) is 14.7. The number of carboxylic acid groups (broad SMARTS) is 1. The number of carbonyl (C=O) groups is 1. The number of anilines is 2. The molecule has 0 unspecified atom stereocenters. The molecule has 1 saturated heterocycles. The Morgan fingerprint density at radius 3 is 2.52 bits per heavy atom. The van der Waals surface area contributed by atoms with E-state index >= 15 is 0 Å². The van der Waals surface area contributed by atoms with Gasteiger partial charge in [-0.3, -0.25) is 4.79 Å². The minimum atomic E-state index is -0.849. The van der Waals surface area contributed by atoms with E-state index in [4.69, 9.17) is 5.11 Å². The molecule has 110 valence electrons. The number of thiazole rings is 1. The molecule has 0 amide bonds. The number of hydrogen-bond acceptors (Lipinski definition) is 7. The predicted molar refractivity (Wildman–Crippen MR) is 79.9 cm³/mol. The van der Waals surface area contributed by atoms with Crippen LogP contribution in [0.2, 0.25) is 0 Å². The lowest BCUT2D eigenvalue weighted by Crippen LogP contribution is -2.47. The standard InChI is InChI=1S/C13H15N5O2S/c19-11(20)8-10-9-21-13(16-10)18-6-4-17(5-7-18)12-14-2-1-3-15-12/h1-3,9H,4-8H2,(H,19,20). The first-order chi connectivity index (χ1) is 10.2. The van der Waals surface area contributed by atoms with Crippen molar-refractivity contribution in [2.24, 2.45) is 0 Å². The lowest BCUT2D eigenvalue weighted by atomic mass is 10.3. The average Bonchev–Trinajstić information content (AvgIpc) is 2.96. The SMILES string of the molecule is O=C(O)Cc1csc(N2CCN(c3ncccn3)CC2)n1. The number of carboxylic acids is 1. The first-order valence-corrected chi connectivity index (χ1v) is 7.53. The summed E-state index contributed by atoms with van der Waals surface area (Å²) in [6.07, 6.45) is 3.47. The second-order valence-corrected chi connectivity index (χ2v) is 5.55. The first kappa shape index (κ1) is 13.7. The van der Waals surface area contributed by atoms with Gasteiger partial charge >= 0.3 is 5.97 Å². The molecule has 3 heterocycles. The Bertz CT molecular complexity index is 610. The molecule has 0 spiro atoms. The van der Waals surface area contributed by atoms with Gasteiger partial charge in [0.25, 0.3) is 0 Å². The number of piperazine rings is 1. The van der Waals surface area contributed by atoms with Gasteiger partial charge in [-0.15, -0.1) is 11.3 Å². The lowest BCUT2D eigenvalue weighted by molar-refractivity contribution is -0.136. The molecule has 2 aromatic rings. The highest BCUT2D eigenvalue weighted by molar-refractivity contribution is 7.13. The van der Waals surface area contributed by atoms with Crippen LogP contribution in [0.1, 0.15) is 5.69 Å². The maximum Gasteiger partial charge on any atom is 0.309 e. The summed E-state index contributed by atoms with van der Waals surface area (Å²) in [5.74, 6) is -0.0965. The summed E-state index contributed by atoms with van der Waals surface area (Å²) in [6, 6.07) is 1.80. The molecule has 0 aliphatic carbocycles. The lowest BCUT2D eigenvalue weighted by Gasteiger charge is -2.34. The van der Waals surface area contributed by atoms with E-state index in [1.165, 1.54) is 11.3 Å². The van der Waals surface area contributed by atoms with Gasteiger partial charge in [0.2, 0.25) is 5.95 Å². The Balaban J connectivity index is 1.60. The molecule has 7 nitrogen and oxygen atoms in total. The predicted octanol–water partition coefficient (Wildman–Crippen LogP) is 0.887. The van der Waals surface area contributed by atoms with E-state index in [0.29, 0.717) is 5.69 Å². The van der Waals surface area contributed by atoms with Crippen LogP contribution in [-0.4, -0.2) is 52.2 Å². The minimum absolute atomic E-state index is 0.0195. The quantitative estimate of drug-likeness (QED) is 0.898. The topological polar surface area (TPSA) is 82.5 Å². The zero-order valence-electron chi connectivity index (χ0n) is 11.3. The monoisotopic (exact) mass is 305 g/mol. The largest absolute Gasteiger partial charge is 0.481 e. The van der Waals surface area contributed by atoms with Crippen molar-refractivity contribution in [1.29, 1.82) is 0 Å². The van der Waals surface area contributed by atoms with Gasteiger partial charge in [0, 0.05) is 44.0 Å². The van der Waals surface area contributed by atoms with Crippen LogP contribution >= 0.6 is 11.3 Å². The normalized spacial score (nSPS) is 15.2. The highest BCUT2D eigenvalue weighted by Crippen LogP contribution is 2.22. The highest BCUT2D eigenvalue weighted by Gasteiger charge is 2.21. The van der Waals surface area contributed by atoms with Crippen LogP contribution in [0.5, 0.6) is 0 Å². The smallest absolute Gasteiger partial charge is 0.309 e. The molecular formula is C13H15N5O2S. The van der Waals surface area contributed by atoms with Gasteiger partial charge in [-0.1, -0.05) is 0 Å². The molecule has 0 saturated carbocycles. The molecule has 0 atom stereocenters. The highest BCUT2D eigenvalue weighted by atomic mass is 32.1. The number of nitrogens with zero attached hydrogens (tertiary/aromatic N) is 5. The maximum absolute atomic E-state index is 10.7. The third-order valence-electron chi connectivity index (χ3n) is 3.26. The molecule has 0 radical (unpaired) electrons. The number of hydrogen-bond donors (Lipinski definition) is 1. The van der Waals surface area contributed by atoms with E-state index in [9.17, 15) is 4.79 Å². The Labute approximate surface area is 125 Å². The van der Waals surface area contributed by atoms with Crippen molar-refractivity contribution in [1.82, 2.24) is 15.0 Å². The second-order valence-electron chi connectivity index (χ2n) is 4.71. The minimum Gasteiger partial charge on any atom is -0.481 e. The van der Waals surface area contributed by atoms with Crippen LogP contribution in [0.4, 0.5) is 11.1 Å². The van der Waals surface area contributed by atoms with Gasteiger partial charge < -0.3 is 14.9 Å². The van der Waals surface area contributed by atoms with Crippen LogP contribution in [0.3, 0.4) is 0 Å². The second kappa shape index (κ2) is 6.04. The molecule has 21 heavy (non-hydrogen) atoms. The summed E-state index contributed by atoms with van der Waals surface area (Å²) >= 11 is 1.50.